The first-order valence-corrected chi connectivity index (χ1v) is 23.0. The Balaban J connectivity index is 0.743. The molecule has 2 saturated carbocycles. The predicted octanol–water partition coefficient (Wildman–Crippen LogP) is 8.22. The monoisotopic (exact) mass is 854 g/mol. The Labute approximate surface area is 369 Å². The molecule has 0 unspecified atom stereocenters. The minimum atomic E-state index is -0.197. The van der Waals surface area contributed by atoms with Crippen molar-refractivity contribution >= 4 is 40.7 Å². The molecule has 2 aliphatic carbocycles. The van der Waals surface area contributed by atoms with Crippen LogP contribution < -0.4 is 19.9 Å². The van der Waals surface area contributed by atoms with Gasteiger partial charge in [0.1, 0.15) is 11.8 Å². The summed E-state index contributed by atoms with van der Waals surface area (Å²) in [6.45, 7) is 5.75. The van der Waals surface area contributed by atoms with Gasteiger partial charge < -0.3 is 24.8 Å². The summed E-state index contributed by atoms with van der Waals surface area (Å²) < 4.78 is 8.46. The first kappa shape index (κ1) is 41.7. The van der Waals surface area contributed by atoms with Crippen LogP contribution in [0.1, 0.15) is 128 Å². The van der Waals surface area contributed by atoms with Crippen molar-refractivity contribution in [3.05, 3.63) is 87.2 Å². The Morgan fingerprint density at radius 1 is 0.855 bits per heavy atom. The van der Waals surface area contributed by atoms with Crippen molar-refractivity contribution in [1.29, 1.82) is 10.5 Å². The number of piperidine rings is 1. The Bertz CT molecular complexity index is 2360. The van der Waals surface area contributed by atoms with E-state index in [4.69, 9.17) is 26.7 Å². The SMILES string of the molecule is CC(=O)N1CCc2c(c(N3CCCc4cc(C#N)ccc43)nn2C2CCC(CC3CCN(c4ccc(C(=O)NC5CCC(Oc6ccc(C#N)c(Cl)c6)CC5)nn4)CC3)CC2)C1. The van der Waals surface area contributed by atoms with Crippen molar-refractivity contribution < 1.29 is 14.3 Å². The quantitative estimate of drug-likeness (QED) is 0.174. The first-order valence-electron chi connectivity index (χ1n) is 22.6. The molecule has 5 heterocycles. The number of anilines is 3. The third kappa shape index (κ3) is 8.96. The molecule has 4 aromatic rings. The smallest absolute Gasteiger partial charge is 0.272 e. The summed E-state index contributed by atoms with van der Waals surface area (Å²) in [4.78, 5) is 32.2. The largest absolute Gasteiger partial charge is 0.490 e. The van der Waals surface area contributed by atoms with Crippen LogP contribution in [0.25, 0.3) is 0 Å². The van der Waals surface area contributed by atoms with Crippen molar-refractivity contribution in [1.82, 2.24) is 30.2 Å². The van der Waals surface area contributed by atoms with Gasteiger partial charge in [-0.05, 0) is 143 Å². The van der Waals surface area contributed by atoms with Gasteiger partial charge in [-0.2, -0.15) is 15.6 Å². The summed E-state index contributed by atoms with van der Waals surface area (Å²) >= 11 is 6.17. The Hall–Kier alpha value is -5.66. The van der Waals surface area contributed by atoms with E-state index in [9.17, 15) is 14.9 Å². The lowest BCUT2D eigenvalue weighted by Gasteiger charge is -2.36. The van der Waals surface area contributed by atoms with Crippen LogP contribution in [0.4, 0.5) is 17.3 Å². The number of carbonyl (C=O) groups is 2. The van der Waals surface area contributed by atoms with Gasteiger partial charge in [0.2, 0.25) is 5.91 Å². The van der Waals surface area contributed by atoms with Crippen LogP contribution in [-0.4, -0.2) is 75.0 Å². The highest BCUT2D eigenvalue weighted by molar-refractivity contribution is 6.31. The number of carbonyl (C=O) groups excluding carboxylic acids is 2. The summed E-state index contributed by atoms with van der Waals surface area (Å²) in [6, 6.07) is 19.7. The highest BCUT2D eigenvalue weighted by Gasteiger charge is 2.35. The van der Waals surface area contributed by atoms with E-state index in [-0.39, 0.29) is 24.0 Å². The van der Waals surface area contributed by atoms with E-state index in [0.717, 1.165) is 114 Å². The fourth-order valence-corrected chi connectivity index (χ4v) is 10.9. The van der Waals surface area contributed by atoms with Gasteiger partial charge in [-0.3, -0.25) is 14.3 Å². The Morgan fingerprint density at radius 3 is 2.35 bits per heavy atom. The highest BCUT2D eigenvalue weighted by atomic mass is 35.5. The number of amides is 2. The minimum Gasteiger partial charge on any atom is -0.490 e. The van der Waals surface area contributed by atoms with Gasteiger partial charge in [0, 0.05) is 68.6 Å². The zero-order chi connectivity index (χ0) is 42.7. The molecule has 1 N–H and O–H groups in total. The van der Waals surface area contributed by atoms with Gasteiger partial charge in [-0.1, -0.05) is 11.6 Å². The topological polar surface area (TPSA) is 156 Å². The zero-order valence-corrected chi connectivity index (χ0v) is 36.3. The molecule has 5 aliphatic rings. The molecule has 0 spiro atoms. The number of benzene rings is 2. The second-order valence-electron chi connectivity index (χ2n) is 18.0. The normalized spacial score (nSPS) is 22.8. The molecule has 2 aromatic heterocycles. The number of hydrogen-bond donors (Lipinski definition) is 1. The number of fused-ring (bicyclic) bond motifs is 2. The average molecular weight is 855 g/mol. The molecule has 0 bridgehead atoms. The van der Waals surface area contributed by atoms with Crippen LogP contribution in [0.3, 0.4) is 0 Å². The second-order valence-corrected chi connectivity index (χ2v) is 18.4. The van der Waals surface area contributed by atoms with Crippen molar-refractivity contribution in [2.75, 3.05) is 36.0 Å². The summed E-state index contributed by atoms with van der Waals surface area (Å²) in [6.07, 6.45) is 14.2. The van der Waals surface area contributed by atoms with Crippen LogP contribution in [0.5, 0.6) is 5.75 Å². The molecular formula is C48H55ClN10O3. The van der Waals surface area contributed by atoms with Crippen LogP contribution in [0.2, 0.25) is 5.02 Å². The van der Waals surface area contributed by atoms with E-state index >= 15 is 0 Å². The number of nitrogens with zero attached hydrogens (tertiary/aromatic N) is 9. The average Bonchev–Trinajstić information content (AvgIpc) is 3.68. The summed E-state index contributed by atoms with van der Waals surface area (Å²) in [5.41, 5.74) is 6.27. The number of aryl methyl sites for hydroxylation is 1. The van der Waals surface area contributed by atoms with Crippen LogP contribution in [0.15, 0.2) is 48.5 Å². The van der Waals surface area contributed by atoms with Crippen LogP contribution in [-0.2, 0) is 24.2 Å². The fraction of sp³-hybridized carbons (Fsp3) is 0.521. The Morgan fingerprint density at radius 2 is 1.65 bits per heavy atom. The molecule has 9 rings (SSSR count). The lowest BCUT2D eigenvalue weighted by molar-refractivity contribution is -0.129. The van der Waals surface area contributed by atoms with E-state index in [2.05, 4.69) is 48.2 Å². The van der Waals surface area contributed by atoms with E-state index in [1.54, 1.807) is 31.2 Å². The molecule has 14 heteroatoms. The molecule has 62 heavy (non-hydrogen) atoms. The molecule has 13 nitrogen and oxygen atoms in total. The maximum absolute atomic E-state index is 13.1. The van der Waals surface area contributed by atoms with Crippen molar-refractivity contribution in [2.45, 2.75) is 122 Å². The number of aromatic nitrogens is 4. The van der Waals surface area contributed by atoms with Gasteiger partial charge in [-0.25, -0.2) is 0 Å². The van der Waals surface area contributed by atoms with E-state index in [1.165, 1.54) is 36.1 Å². The van der Waals surface area contributed by atoms with Gasteiger partial charge in [-0.15, -0.1) is 10.2 Å². The van der Waals surface area contributed by atoms with Crippen LogP contribution >= 0.6 is 11.6 Å². The minimum absolute atomic E-state index is 0.0348. The third-order valence-electron chi connectivity index (χ3n) is 14.1. The predicted molar refractivity (Wildman–Crippen MR) is 236 cm³/mol. The van der Waals surface area contributed by atoms with E-state index in [1.807, 2.05) is 23.1 Å². The lowest BCUT2D eigenvalue weighted by atomic mass is 9.78. The molecule has 3 fully saturated rings. The number of hydrogen-bond acceptors (Lipinski definition) is 10. The van der Waals surface area contributed by atoms with Gasteiger partial charge in [0.05, 0.1) is 40.9 Å². The maximum atomic E-state index is 13.1. The molecule has 0 radical (unpaired) electrons. The summed E-state index contributed by atoms with van der Waals surface area (Å²) in [5.74, 6) is 3.79. The number of ether oxygens (including phenoxy) is 1. The number of rotatable bonds is 9. The van der Waals surface area contributed by atoms with Crippen LogP contribution in [0, 0.1) is 34.5 Å². The molecule has 3 aliphatic heterocycles. The van der Waals surface area contributed by atoms with Gasteiger partial charge in [0.15, 0.2) is 17.3 Å². The standard InChI is InChI=1S/C48H55ClN10O3/c1-31(60)57-24-20-45-41(30-57)47(58-21-2-3-35-26-34(28-50)6-16-44(35)58)55-59(45)38-10-4-32(5-11-38)25-33-18-22-56(23-19-33)46-17-15-43(53-54-46)48(61)52-37-8-13-39(14-9-37)62-40-12-7-36(29-51)42(49)27-40/h6-7,12,15-17,26-27,32-33,37-39H,2-5,8-11,13-14,18-25,30H2,1H3,(H,52,61). The summed E-state index contributed by atoms with van der Waals surface area (Å²) in [5, 5.41) is 36.4. The molecule has 322 valence electrons. The van der Waals surface area contributed by atoms with Crippen molar-refractivity contribution in [3.63, 3.8) is 0 Å². The molecule has 2 aromatic carbocycles. The zero-order valence-electron chi connectivity index (χ0n) is 35.6. The highest BCUT2D eigenvalue weighted by Crippen LogP contribution is 2.43. The first-order chi connectivity index (χ1) is 30.2. The van der Waals surface area contributed by atoms with Gasteiger partial charge in [0.25, 0.3) is 5.91 Å². The Kier molecular flexibility index (Phi) is 12.3. The molecule has 2 amide bonds. The molecule has 1 saturated heterocycles. The number of nitrogens with one attached hydrogen (secondary N) is 1. The summed E-state index contributed by atoms with van der Waals surface area (Å²) in [7, 11) is 0. The van der Waals surface area contributed by atoms with E-state index < -0.39 is 0 Å². The lowest BCUT2D eigenvalue weighted by Crippen LogP contribution is -2.40. The van der Waals surface area contributed by atoms with Crippen molar-refractivity contribution in [2.24, 2.45) is 11.8 Å². The maximum Gasteiger partial charge on any atom is 0.272 e. The van der Waals surface area contributed by atoms with Crippen molar-refractivity contribution in [3.8, 4) is 17.9 Å². The number of halogens is 1. The fourth-order valence-electron chi connectivity index (χ4n) is 10.6. The van der Waals surface area contributed by atoms with Gasteiger partial charge >= 0.3 is 0 Å². The van der Waals surface area contributed by atoms with E-state index in [0.29, 0.717) is 52.0 Å². The molecular weight excluding hydrogens is 800 g/mol. The second kappa shape index (κ2) is 18.4. The third-order valence-corrected chi connectivity index (χ3v) is 14.4. The molecule has 0 atom stereocenters. The number of nitriles is 2.